The number of carbonyl (C=O) groups is 1. The predicted octanol–water partition coefficient (Wildman–Crippen LogP) is 3.87. The van der Waals surface area contributed by atoms with Gasteiger partial charge >= 0.3 is 0 Å². The Morgan fingerprint density at radius 3 is 2.82 bits per heavy atom. The fourth-order valence-corrected chi connectivity index (χ4v) is 2.06. The van der Waals surface area contributed by atoms with E-state index in [4.69, 9.17) is 10.00 Å². The number of nitrogens with zero attached hydrogens (tertiary/aromatic N) is 1. The maximum absolute atomic E-state index is 13.7. The Labute approximate surface area is 135 Å². The van der Waals surface area contributed by atoms with Crippen molar-refractivity contribution in [3.63, 3.8) is 0 Å². The van der Waals surface area contributed by atoms with Crippen LogP contribution in [0.25, 0.3) is 0 Å². The Morgan fingerprint density at radius 2 is 2.14 bits per heavy atom. The molecule has 1 atom stereocenters. The normalized spacial score (nSPS) is 11.4. The molecule has 6 heteroatoms. The number of amides is 1. The van der Waals surface area contributed by atoms with E-state index in [9.17, 15) is 9.18 Å². The monoisotopic (exact) mass is 362 g/mol. The molecule has 0 bridgehead atoms. The van der Waals surface area contributed by atoms with Crippen LogP contribution >= 0.6 is 15.9 Å². The van der Waals surface area contributed by atoms with E-state index in [0.717, 1.165) is 0 Å². The van der Waals surface area contributed by atoms with Gasteiger partial charge in [0.2, 0.25) is 0 Å². The first-order chi connectivity index (χ1) is 10.5. The van der Waals surface area contributed by atoms with Crippen LogP contribution in [0.1, 0.15) is 12.5 Å². The Balaban J connectivity index is 2.04. The maximum atomic E-state index is 13.7. The van der Waals surface area contributed by atoms with E-state index in [0.29, 0.717) is 15.7 Å². The van der Waals surface area contributed by atoms with Crippen molar-refractivity contribution in [3.05, 3.63) is 58.3 Å². The number of nitriles is 1. The molecule has 0 aliphatic heterocycles. The Morgan fingerprint density at radius 1 is 1.36 bits per heavy atom. The molecule has 0 spiro atoms. The van der Waals surface area contributed by atoms with E-state index in [1.165, 1.54) is 19.1 Å². The van der Waals surface area contributed by atoms with Crippen molar-refractivity contribution in [2.45, 2.75) is 13.0 Å². The number of halogens is 2. The third-order valence-electron chi connectivity index (χ3n) is 2.83. The number of nitrogens with one attached hydrogen (secondary N) is 1. The predicted molar refractivity (Wildman–Crippen MR) is 84.0 cm³/mol. The molecule has 2 aromatic carbocycles. The molecule has 0 aromatic heterocycles. The van der Waals surface area contributed by atoms with Crippen LogP contribution in [0.5, 0.6) is 5.75 Å². The minimum Gasteiger partial charge on any atom is -0.478 e. The van der Waals surface area contributed by atoms with Crippen LogP contribution in [0, 0.1) is 17.1 Å². The molecule has 0 aliphatic carbocycles. The van der Waals surface area contributed by atoms with Crippen molar-refractivity contribution in [3.8, 4) is 11.8 Å². The Hall–Kier alpha value is -2.39. The second-order valence-corrected chi connectivity index (χ2v) is 5.43. The first-order valence-electron chi connectivity index (χ1n) is 6.42. The van der Waals surface area contributed by atoms with Crippen LogP contribution < -0.4 is 10.1 Å². The van der Waals surface area contributed by atoms with Gasteiger partial charge in [0.25, 0.3) is 5.91 Å². The van der Waals surface area contributed by atoms with Gasteiger partial charge in [-0.15, -0.1) is 0 Å². The van der Waals surface area contributed by atoms with Crippen molar-refractivity contribution in [2.24, 2.45) is 0 Å². The molecule has 22 heavy (non-hydrogen) atoms. The first kappa shape index (κ1) is 16.0. The summed E-state index contributed by atoms with van der Waals surface area (Å²) in [4.78, 5) is 12.0. The van der Waals surface area contributed by atoms with Crippen LogP contribution in [0.15, 0.2) is 46.9 Å². The average Bonchev–Trinajstić information content (AvgIpc) is 2.50. The van der Waals surface area contributed by atoms with Gasteiger partial charge in [0.1, 0.15) is 0 Å². The lowest BCUT2D eigenvalue weighted by molar-refractivity contribution is -0.122. The summed E-state index contributed by atoms with van der Waals surface area (Å²) in [6, 6.07) is 12.8. The van der Waals surface area contributed by atoms with Gasteiger partial charge in [-0.1, -0.05) is 22.0 Å². The summed E-state index contributed by atoms with van der Waals surface area (Å²) in [5.74, 6) is -0.991. The summed E-state index contributed by atoms with van der Waals surface area (Å²) in [6.45, 7) is 1.52. The molecule has 0 aliphatic rings. The zero-order valence-electron chi connectivity index (χ0n) is 11.6. The van der Waals surface area contributed by atoms with Crippen LogP contribution in [0.2, 0.25) is 0 Å². The number of hydrogen-bond acceptors (Lipinski definition) is 3. The van der Waals surface area contributed by atoms with Crippen LogP contribution in [0.3, 0.4) is 0 Å². The minimum atomic E-state index is -0.888. The van der Waals surface area contributed by atoms with Crippen molar-refractivity contribution < 1.29 is 13.9 Å². The van der Waals surface area contributed by atoms with Gasteiger partial charge in [-0.05, 0) is 43.3 Å². The zero-order valence-corrected chi connectivity index (χ0v) is 13.2. The highest BCUT2D eigenvalue weighted by atomic mass is 79.9. The van der Waals surface area contributed by atoms with Crippen molar-refractivity contribution in [1.82, 2.24) is 0 Å². The Kier molecular flexibility index (Phi) is 5.12. The lowest BCUT2D eigenvalue weighted by atomic mass is 10.2. The van der Waals surface area contributed by atoms with E-state index in [2.05, 4.69) is 21.2 Å². The topological polar surface area (TPSA) is 62.1 Å². The molecule has 2 rings (SSSR count). The van der Waals surface area contributed by atoms with E-state index in [-0.39, 0.29) is 5.75 Å². The summed E-state index contributed by atoms with van der Waals surface area (Å²) in [5, 5.41) is 11.4. The third kappa shape index (κ3) is 4.06. The lowest BCUT2D eigenvalue weighted by Gasteiger charge is -2.15. The van der Waals surface area contributed by atoms with Crippen LogP contribution in [-0.2, 0) is 4.79 Å². The van der Waals surface area contributed by atoms with Gasteiger partial charge in [-0.25, -0.2) is 4.39 Å². The van der Waals surface area contributed by atoms with Crippen molar-refractivity contribution in [2.75, 3.05) is 5.32 Å². The molecular weight excluding hydrogens is 351 g/mol. The Bertz CT molecular complexity index is 743. The van der Waals surface area contributed by atoms with E-state index < -0.39 is 17.8 Å². The summed E-state index contributed by atoms with van der Waals surface area (Å²) < 4.78 is 19.6. The molecule has 0 saturated heterocycles. The van der Waals surface area contributed by atoms with E-state index in [1.807, 2.05) is 6.07 Å². The first-order valence-corrected chi connectivity index (χ1v) is 7.21. The van der Waals surface area contributed by atoms with Gasteiger partial charge < -0.3 is 10.1 Å². The van der Waals surface area contributed by atoms with Gasteiger partial charge in [0.05, 0.1) is 11.6 Å². The van der Waals surface area contributed by atoms with Crippen LogP contribution in [0.4, 0.5) is 10.1 Å². The number of anilines is 1. The van der Waals surface area contributed by atoms with Crippen LogP contribution in [-0.4, -0.2) is 12.0 Å². The zero-order chi connectivity index (χ0) is 16.1. The van der Waals surface area contributed by atoms with Gasteiger partial charge in [0, 0.05) is 10.2 Å². The fraction of sp³-hybridized carbons (Fsp3) is 0.125. The summed E-state index contributed by atoms with van der Waals surface area (Å²) >= 11 is 3.15. The number of benzene rings is 2. The molecule has 4 nitrogen and oxygen atoms in total. The lowest BCUT2D eigenvalue weighted by Crippen LogP contribution is -2.30. The highest BCUT2D eigenvalue weighted by Crippen LogP contribution is 2.22. The number of hydrogen-bond donors (Lipinski definition) is 1. The molecule has 0 saturated carbocycles. The highest BCUT2D eigenvalue weighted by molar-refractivity contribution is 9.10. The quantitative estimate of drug-likeness (QED) is 0.897. The van der Waals surface area contributed by atoms with Crippen molar-refractivity contribution >= 4 is 27.5 Å². The third-order valence-corrected chi connectivity index (χ3v) is 3.32. The smallest absolute Gasteiger partial charge is 0.265 e. The van der Waals surface area contributed by atoms with Gasteiger partial charge in [-0.2, -0.15) is 5.26 Å². The second kappa shape index (κ2) is 7.05. The summed E-state index contributed by atoms with van der Waals surface area (Å²) in [5.41, 5.74) is 0.918. The van der Waals surface area contributed by atoms with Gasteiger partial charge in [-0.3, -0.25) is 4.79 Å². The highest BCUT2D eigenvalue weighted by Gasteiger charge is 2.17. The standard InChI is InChI=1S/C16H12BrFN2O2/c1-10(22-15-6-5-12(17)8-14(15)18)16(21)20-13-4-2-3-11(7-13)9-19/h2-8,10H,1H3,(H,20,21)/t10-/m1/s1. The largest absolute Gasteiger partial charge is 0.478 e. The minimum absolute atomic E-state index is 0.00312. The molecule has 0 fully saturated rings. The molecule has 1 amide bonds. The van der Waals surface area contributed by atoms with E-state index in [1.54, 1.807) is 30.3 Å². The number of carbonyl (C=O) groups excluding carboxylic acids is 1. The molecule has 112 valence electrons. The second-order valence-electron chi connectivity index (χ2n) is 4.52. The van der Waals surface area contributed by atoms with E-state index >= 15 is 0 Å². The van der Waals surface area contributed by atoms with Crippen molar-refractivity contribution in [1.29, 1.82) is 5.26 Å². The molecule has 1 N–H and O–H groups in total. The fourth-order valence-electron chi connectivity index (χ4n) is 1.73. The summed E-state index contributed by atoms with van der Waals surface area (Å²) in [6.07, 6.45) is -0.888. The molecular formula is C16H12BrFN2O2. The molecule has 0 heterocycles. The molecule has 0 radical (unpaired) electrons. The molecule has 0 unspecified atom stereocenters. The SMILES string of the molecule is C[C@@H](Oc1ccc(Br)cc1F)C(=O)Nc1cccc(C#N)c1. The maximum Gasteiger partial charge on any atom is 0.265 e. The number of ether oxygens (including phenoxy) is 1. The van der Waals surface area contributed by atoms with Gasteiger partial charge in [0.15, 0.2) is 17.7 Å². The molecule has 2 aromatic rings. The number of rotatable bonds is 4. The average molecular weight is 363 g/mol. The summed E-state index contributed by atoms with van der Waals surface area (Å²) in [7, 11) is 0.